The molecule has 1 saturated heterocycles. The average molecular weight is 289 g/mol. The molecule has 1 aromatic rings. The first-order valence-corrected chi connectivity index (χ1v) is 8.38. The molecular weight excluding hydrogens is 258 g/mol. The van der Waals surface area contributed by atoms with Gasteiger partial charge in [-0.15, -0.1) is 0 Å². The van der Waals surface area contributed by atoms with Crippen molar-refractivity contribution in [2.24, 2.45) is 0 Å². The Morgan fingerprint density at radius 3 is 2.48 bits per heavy atom. The van der Waals surface area contributed by atoms with Crippen LogP contribution in [0.15, 0.2) is 24.3 Å². The molecular formula is C18H31N3. The highest BCUT2D eigenvalue weighted by Gasteiger charge is 2.23. The van der Waals surface area contributed by atoms with Crippen LogP contribution in [0.1, 0.15) is 37.9 Å². The van der Waals surface area contributed by atoms with Crippen LogP contribution in [0, 0.1) is 0 Å². The fourth-order valence-corrected chi connectivity index (χ4v) is 3.07. The third-order valence-corrected chi connectivity index (χ3v) is 4.73. The van der Waals surface area contributed by atoms with E-state index in [0.29, 0.717) is 12.1 Å². The normalized spacial score (nSPS) is 22.4. The highest BCUT2D eigenvalue weighted by molar-refractivity contribution is 5.25. The molecule has 3 heteroatoms. The van der Waals surface area contributed by atoms with E-state index in [-0.39, 0.29) is 0 Å². The highest BCUT2D eigenvalue weighted by atomic mass is 15.3. The number of rotatable bonds is 6. The van der Waals surface area contributed by atoms with E-state index < -0.39 is 0 Å². The van der Waals surface area contributed by atoms with E-state index in [1.165, 1.54) is 30.8 Å². The van der Waals surface area contributed by atoms with E-state index in [1.54, 1.807) is 0 Å². The van der Waals surface area contributed by atoms with Crippen LogP contribution in [0.25, 0.3) is 0 Å². The van der Waals surface area contributed by atoms with Gasteiger partial charge < -0.3 is 10.2 Å². The molecule has 0 aromatic heterocycles. The number of benzene rings is 1. The molecule has 21 heavy (non-hydrogen) atoms. The number of hydrogen-bond acceptors (Lipinski definition) is 3. The number of nitrogens with zero attached hydrogens (tertiary/aromatic N) is 2. The van der Waals surface area contributed by atoms with Crippen molar-refractivity contribution in [2.45, 2.75) is 39.3 Å². The zero-order valence-electron chi connectivity index (χ0n) is 14.1. The van der Waals surface area contributed by atoms with Crippen molar-refractivity contribution in [3.63, 3.8) is 0 Å². The quantitative estimate of drug-likeness (QED) is 0.868. The summed E-state index contributed by atoms with van der Waals surface area (Å²) in [6.45, 7) is 12.4. The van der Waals surface area contributed by atoms with Crippen molar-refractivity contribution in [2.75, 3.05) is 39.8 Å². The second kappa shape index (κ2) is 7.92. The molecule has 118 valence electrons. The lowest BCUT2D eigenvalue weighted by atomic mass is 10.0. The van der Waals surface area contributed by atoms with Gasteiger partial charge in [0, 0.05) is 38.3 Å². The molecule has 1 heterocycles. The summed E-state index contributed by atoms with van der Waals surface area (Å²) in [6.07, 6.45) is 1.11. The Hall–Kier alpha value is -0.900. The molecule has 0 amide bonds. The van der Waals surface area contributed by atoms with Gasteiger partial charge in [0.05, 0.1) is 0 Å². The van der Waals surface area contributed by atoms with Crippen molar-refractivity contribution in [3.05, 3.63) is 35.4 Å². The molecule has 0 radical (unpaired) electrons. The average Bonchev–Trinajstić information content (AvgIpc) is 2.50. The van der Waals surface area contributed by atoms with Crippen molar-refractivity contribution < 1.29 is 0 Å². The van der Waals surface area contributed by atoms with Gasteiger partial charge in [-0.2, -0.15) is 0 Å². The van der Waals surface area contributed by atoms with Gasteiger partial charge in [-0.25, -0.2) is 0 Å². The Labute approximate surface area is 130 Å². The van der Waals surface area contributed by atoms with Crippen LogP contribution in [0.5, 0.6) is 0 Å². The van der Waals surface area contributed by atoms with E-state index in [9.17, 15) is 0 Å². The van der Waals surface area contributed by atoms with Gasteiger partial charge in [0.2, 0.25) is 0 Å². The summed E-state index contributed by atoms with van der Waals surface area (Å²) < 4.78 is 0. The topological polar surface area (TPSA) is 18.5 Å². The Morgan fingerprint density at radius 1 is 1.19 bits per heavy atom. The number of piperazine rings is 1. The molecule has 0 spiro atoms. The van der Waals surface area contributed by atoms with Crippen molar-refractivity contribution >= 4 is 0 Å². The van der Waals surface area contributed by atoms with Crippen LogP contribution in [-0.2, 0) is 6.42 Å². The first kappa shape index (κ1) is 16.5. The highest BCUT2D eigenvalue weighted by Crippen LogP contribution is 2.18. The maximum Gasteiger partial charge on any atom is 0.0449 e. The Balaban J connectivity index is 2.01. The molecule has 1 aromatic carbocycles. The van der Waals surface area contributed by atoms with E-state index in [4.69, 9.17) is 0 Å². The Morgan fingerprint density at radius 2 is 1.90 bits per heavy atom. The van der Waals surface area contributed by atoms with Crippen molar-refractivity contribution in [1.29, 1.82) is 0 Å². The lowest BCUT2D eigenvalue weighted by Crippen LogP contribution is -2.51. The molecule has 1 aliphatic heterocycles. The summed E-state index contributed by atoms with van der Waals surface area (Å²) in [6, 6.07) is 10.2. The summed E-state index contributed by atoms with van der Waals surface area (Å²) in [7, 11) is 2.23. The predicted molar refractivity (Wildman–Crippen MR) is 90.8 cm³/mol. The zero-order valence-corrected chi connectivity index (χ0v) is 14.1. The SMILES string of the molecule is CCNC(CN1CCN(C)C(C)C1)c1ccc(CC)cc1. The number of hydrogen-bond donors (Lipinski definition) is 1. The third-order valence-electron chi connectivity index (χ3n) is 4.73. The number of likely N-dealkylation sites (N-methyl/N-ethyl adjacent to an activating group) is 2. The molecule has 2 unspecified atom stereocenters. The molecule has 1 aliphatic rings. The zero-order chi connectivity index (χ0) is 15.2. The summed E-state index contributed by atoms with van der Waals surface area (Å²) in [4.78, 5) is 5.06. The summed E-state index contributed by atoms with van der Waals surface area (Å²) in [5, 5.41) is 3.65. The van der Waals surface area contributed by atoms with E-state index >= 15 is 0 Å². The van der Waals surface area contributed by atoms with Crippen LogP contribution in [0.2, 0.25) is 0 Å². The monoisotopic (exact) mass is 289 g/mol. The first-order chi connectivity index (χ1) is 10.1. The van der Waals surface area contributed by atoms with Crippen LogP contribution in [0.3, 0.4) is 0 Å². The van der Waals surface area contributed by atoms with Crippen LogP contribution >= 0.6 is 0 Å². The molecule has 1 N–H and O–H groups in total. The summed E-state index contributed by atoms with van der Waals surface area (Å²) >= 11 is 0. The molecule has 0 aliphatic carbocycles. The maximum atomic E-state index is 3.65. The minimum atomic E-state index is 0.441. The minimum absolute atomic E-state index is 0.441. The molecule has 0 saturated carbocycles. The van der Waals surface area contributed by atoms with E-state index in [2.05, 4.69) is 67.2 Å². The van der Waals surface area contributed by atoms with Gasteiger partial charge >= 0.3 is 0 Å². The first-order valence-electron chi connectivity index (χ1n) is 8.38. The molecule has 1 fully saturated rings. The van der Waals surface area contributed by atoms with Crippen molar-refractivity contribution in [1.82, 2.24) is 15.1 Å². The summed E-state index contributed by atoms with van der Waals surface area (Å²) in [5.41, 5.74) is 2.84. The van der Waals surface area contributed by atoms with Gasteiger partial charge in [0.1, 0.15) is 0 Å². The fraction of sp³-hybridized carbons (Fsp3) is 0.667. The minimum Gasteiger partial charge on any atom is -0.309 e. The fourth-order valence-electron chi connectivity index (χ4n) is 3.07. The Kier molecular flexibility index (Phi) is 6.22. The second-order valence-corrected chi connectivity index (χ2v) is 6.29. The molecule has 3 nitrogen and oxygen atoms in total. The predicted octanol–water partition coefficient (Wildman–Crippen LogP) is 2.54. The largest absolute Gasteiger partial charge is 0.309 e. The number of aryl methyl sites for hydroxylation is 1. The van der Waals surface area contributed by atoms with Crippen LogP contribution in [-0.4, -0.2) is 55.6 Å². The van der Waals surface area contributed by atoms with Gasteiger partial charge in [0.25, 0.3) is 0 Å². The molecule has 2 atom stereocenters. The van der Waals surface area contributed by atoms with Gasteiger partial charge in [0.15, 0.2) is 0 Å². The van der Waals surface area contributed by atoms with Gasteiger partial charge in [-0.3, -0.25) is 4.90 Å². The lowest BCUT2D eigenvalue weighted by Gasteiger charge is -2.39. The van der Waals surface area contributed by atoms with E-state index in [1.807, 2.05) is 0 Å². The van der Waals surface area contributed by atoms with Crippen molar-refractivity contribution in [3.8, 4) is 0 Å². The smallest absolute Gasteiger partial charge is 0.0449 e. The number of nitrogens with one attached hydrogen (secondary N) is 1. The van der Waals surface area contributed by atoms with Crippen LogP contribution < -0.4 is 5.32 Å². The molecule has 0 bridgehead atoms. The standard InChI is InChI=1S/C18H31N3/c1-5-16-7-9-17(10-8-16)18(19-6-2)14-21-12-11-20(4)15(3)13-21/h7-10,15,18-19H,5-6,11-14H2,1-4H3. The summed E-state index contributed by atoms with van der Waals surface area (Å²) in [5.74, 6) is 0. The molecule has 2 rings (SSSR count). The Bertz CT molecular complexity index is 415. The third kappa shape index (κ3) is 4.53. The lowest BCUT2D eigenvalue weighted by molar-refractivity contribution is 0.0971. The van der Waals surface area contributed by atoms with E-state index in [0.717, 1.165) is 19.5 Å². The van der Waals surface area contributed by atoms with Gasteiger partial charge in [-0.1, -0.05) is 38.1 Å². The second-order valence-electron chi connectivity index (χ2n) is 6.29. The van der Waals surface area contributed by atoms with Crippen LogP contribution in [0.4, 0.5) is 0 Å². The van der Waals surface area contributed by atoms with Gasteiger partial charge in [-0.05, 0) is 38.1 Å². The maximum absolute atomic E-state index is 3.65.